The standard InChI is InChI=1S/C27H28O4/c1-4-10-22(11-5-1)18-28-21-26-27(31-20-24-14-8-3-9-15-24)25(16-17-29-26)30-19-23-12-6-2-7-13-23/h1-17,25-27H,18-21H2/t25-,26-,27?/m0/s1. The molecule has 160 valence electrons. The first-order valence-corrected chi connectivity index (χ1v) is 10.6. The molecule has 1 unspecified atom stereocenters. The molecule has 0 amide bonds. The summed E-state index contributed by atoms with van der Waals surface area (Å²) in [7, 11) is 0. The average molecular weight is 417 g/mol. The summed E-state index contributed by atoms with van der Waals surface area (Å²) in [6, 6.07) is 30.4. The minimum Gasteiger partial charge on any atom is -0.493 e. The zero-order valence-electron chi connectivity index (χ0n) is 17.5. The van der Waals surface area contributed by atoms with Crippen LogP contribution in [0.25, 0.3) is 0 Å². The van der Waals surface area contributed by atoms with Gasteiger partial charge in [0.15, 0.2) is 0 Å². The van der Waals surface area contributed by atoms with Crippen LogP contribution in [0.15, 0.2) is 103 Å². The first kappa shape index (κ1) is 21.3. The molecule has 4 rings (SSSR count). The predicted octanol–water partition coefficient (Wildman–Crippen LogP) is 5.29. The summed E-state index contributed by atoms with van der Waals surface area (Å²) in [4.78, 5) is 0. The van der Waals surface area contributed by atoms with E-state index < -0.39 is 0 Å². The van der Waals surface area contributed by atoms with Gasteiger partial charge in [-0.1, -0.05) is 91.0 Å². The molecule has 0 saturated heterocycles. The SMILES string of the molecule is C1=C[C@H](OCc2ccccc2)C(OCc2ccccc2)[C@H](COCc2ccccc2)O1. The highest BCUT2D eigenvalue weighted by Crippen LogP contribution is 2.22. The van der Waals surface area contributed by atoms with Crippen LogP contribution in [0.3, 0.4) is 0 Å². The average Bonchev–Trinajstić information content (AvgIpc) is 2.84. The van der Waals surface area contributed by atoms with Crippen LogP contribution in [0.5, 0.6) is 0 Å². The molecular weight excluding hydrogens is 388 g/mol. The zero-order chi connectivity index (χ0) is 21.1. The van der Waals surface area contributed by atoms with Crippen molar-refractivity contribution in [3.8, 4) is 0 Å². The Morgan fingerprint density at radius 2 is 1.13 bits per heavy atom. The van der Waals surface area contributed by atoms with Crippen molar-refractivity contribution < 1.29 is 18.9 Å². The summed E-state index contributed by atoms with van der Waals surface area (Å²) in [5.41, 5.74) is 3.37. The molecule has 0 saturated carbocycles. The van der Waals surface area contributed by atoms with Crippen molar-refractivity contribution in [1.29, 1.82) is 0 Å². The fourth-order valence-electron chi connectivity index (χ4n) is 3.51. The monoisotopic (exact) mass is 416 g/mol. The summed E-state index contributed by atoms with van der Waals surface area (Å²) in [5.74, 6) is 0. The van der Waals surface area contributed by atoms with Crippen molar-refractivity contribution in [2.75, 3.05) is 6.61 Å². The van der Waals surface area contributed by atoms with Crippen LogP contribution in [0, 0.1) is 0 Å². The summed E-state index contributed by atoms with van der Waals surface area (Å²) in [6.45, 7) is 1.96. The Kier molecular flexibility index (Phi) is 7.88. The highest BCUT2D eigenvalue weighted by atomic mass is 16.6. The van der Waals surface area contributed by atoms with Crippen molar-refractivity contribution in [3.63, 3.8) is 0 Å². The second-order valence-electron chi connectivity index (χ2n) is 7.53. The van der Waals surface area contributed by atoms with Gasteiger partial charge in [0.05, 0.1) is 32.7 Å². The smallest absolute Gasteiger partial charge is 0.150 e. The van der Waals surface area contributed by atoms with Crippen molar-refractivity contribution in [1.82, 2.24) is 0 Å². The normalized spacial score (nSPS) is 20.3. The summed E-state index contributed by atoms with van der Waals surface area (Å²) in [5, 5.41) is 0. The molecule has 3 aromatic carbocycles. The summed E-state index contributed by atoms with van der Waals surface area (Å²) in [6.07, 6.45) is 2.88. The minimum atomic E-state index is -0.273. The highest BCUT2D eigenvalue weighted by molar-refractivity contribution is 5.15. The quantitative estimate of drug-likeness (QED) is 0.450. The number of rotatable bonds is 10. The predicted molar refractivity (Wildman–Crippen MR) is 120 cm³/mol. The van der Waals surface area contributed by atoms with E-state index >= 15 is 0 Å². The lowest BCUT2D eigenvalue weighted by Crippen LogP contribution is -2.45. The number of ether oxygens (including phenoxy) is 4. The molecule has 0 aromatic heterocycles. The van der Waals surface area contributed by atoms with E-state index in [1.54, 1.807) is 6.26 Å². The van der Waals surface area contributed by atoms with E-state index in [1.807, 2.05) is 60.7 Å². The molecule has 0 bridgehead atoms. The third kappa shape index (κ3) is 6.53. The number of hydrogen-bond donors (Lipinski definition) is 0. The lowest BCUT2D eigenvalue weighted by Gasteiger charge is -2.34. The lowest BCUT2D eigenvalue weighted by molar-refractivity contribution is -0.147. The molecule has 0 aliphatic carbocycles. The van der Waals surface area contributed by atoms with Crippen LogP contribution in [0.2, 0.25) is 0 Å². The van der Waals surface area contributed by atoms with E-state index in [0.29, 0.717) is 26.4 Å². The molecule has 4 heteroatoms. The van der Waals surface area contributed by atoms with Gasteiger partial charge in [0.2, 0.25) is 0 Å². The van der Waals surface area contributed by atoms with Gasteiger partial charge in [0, 0.05) is 0 Å². The topological polar surface area (TPSA) is 36.9 Å². The van der Waals surface area contributed by atoms with Gasteiger partial charge in [0.25, 0.3) is 0 Å². The first-order valence-electron chi connectivity index (χ1n) is 10.6. The van der Waals surface area contributed by atoms with Crippen LogP contribution in [0.1, 0.15) is 16.7 Å². The Hall–Kier alpha value is -2.92. The molecule has 4 nitrogen and oxygen atoms in total. The van der Waals surface area contributed by atoms with Crippen molar-refractivity contribution in [3.05, 3.63) is 120 Å². The second-order valence-corrected chi connectivity index (χ2v) is 7.53. The Labute approximate surface area is 184 Å². The Balaban J connectivity index is 1.39. The molecule has 31 heavy (non-hydrogen) atoms. The van der Waals surface area contributed by atoms with Gasteiger partial charge in [0.1, 0.15) is 18.3 Å². The fourth-order valence-corrected chi connectivity index (χ4v) is 3.51. The van der Waals surface area contributed by atoms with E-state index in [9.17, 15) is 0 Å². The van der Waals surface area contributed by atoms with Crippen LogP contribution < -0.4 is 0 Å². The van der Waals surface area contributed by atoms with Gasteiger partial charge in [-0.2, -0.15) is 0 Å². The Morgan fingerprint density at radius 3 is 1.71 bits per heavy atom. The number of hydrogen-bond acceptors (Lipinski definition) is 4. The Bertz CT molecular complexity index is 912. The fraction of sp³-hybridized carbons (Fsp3) is 0.259. The molecule has 0 fully saturated rings. The molecule has 3 atom stereocenters. The van der Waals surface area contributed by atoms with Crippen LogP contribution >= 0.6 is 0 Å². The maximum absolute atomic E-state index is 6.30. The lowest BCUT2D eigenvalue weighted by atomic mass is 10.1. The van der Waals surface area contributed by atoms with Crippen molar-refractivity contribution in [2.24, 2.45) is 0 Å². The van der Waals surface area contributed by atoms with Crippen LogP contribution in [-0.2, 0) is 38.8 Å². The number of benzene rings is 3. The third-order valence-corrected chi connectivity index (χ3v) is 5.18. The van der Waals surface area contributed by atoms with E-state index in [0.717, 1.165) is 16.7 Å². The maximum atomic E-state index is 6.30. The minimum absolute atomic E-state index is 0.219. The third-order valence-electron chi connectivity index (χ3n) is 5.18. The van der Waals surface area contributed by atoms with Gasteiger partial charge in [-0.05, 0) is 22.8 Å². The van der Waals surface area contributed by atoms with E-state index in [-0.39, 0.29) is 18.3 Å². The van der Waals surface area contributed by atoms with Crippen LogP contribution in [-0.4, -0.2) is 24.9 Å². The summed E-state index contributed by atoms with van der Waals surface area (Å²) < 4.78 is 24.4. The van der Waals surface area contributed by atoms with Gasteiger partial charge < -0.3 is 18.9 Å². The molecule has 3 aromatic rings. The first-order chi connectivity index (χ1) is 15.4. The van der Waals surface area contributed by atoms with E-state index in [4.69, 9.17) is 18.9 Å². The molecule has 1 heterocycles. The largest absolute Gasteiger partial charge is 0.493 e. The molecular formula is C27H28O4. The van der Waals surface area contributed by atoms with Crippen molar-refractivity contribution >= 4 is 0 Å². The molecule has 1 aliphatic rings. The van der Waals surface area contributed by atoms with Crippen molar-refractivity contribution in [2.45, 2.75) is 38.1 Å². The molecule has 0 N–H and O–H groups in total. The van der Waals surface area contributed by atoms with E-state index in [1.165, 1.54) is 0 Å². The van der Waals surface area contributed by atoms with Gasteiger partial charge in [-0.15, -0.1) is 0 Å². The second kappa shape index (κ2) is 11.5. The zero-order valence-corrected chi connectivity index (χ0v) is 17.5. The highest BCUT2D eigenvalue weighted by Gasteiger charge is 2.34. The Morgan fingerprint density at radius 1 is 0.613 bits per heavy atom. The van der Waals surface area contributed by atoms with Gasteiger partial charge in [-0.25, -0.2) is 0 Å². The maximum Gasteiger partial charge on any atom is 0.150 e. The molecule has 0 spiro atoms. The van der Waals surface area contributed by atoms with E-state index in [2.05, 4.69) is 36.4 Å². The van der Waals surface area contributed by atoms with Gasteiger partial charge in [-0.3, -0.25) is 0 Å². The molecule has 0 radical (unpaired) electrons. The van der Waals surface area contributed by atoms with Crippen LogP contribution in [0.4, 0.5) is 0 Å². The summed E-state index contributed by atoms with van der Waals surface area (Å²) >= 11 is 0. The van der Waals surface area contributed by atoms with Gasteiger partial charge >= 0.3 is 0 Å². The molecule has 1 aliphatic heterocycles.